The molecule has 0 saturated carbocycles. The van der Waals surface area contributed by atoms with E-state index < -0.39 is 18.0 Å². The van der Waals surface area contributed by atoms with Crippen LogP contribution in [-0.2, 0) is 16.1 Å². The number of hydrogen-bond donors (Lipinski definition) is 1. The fourth-order valence-corrected chi connectivity index (χ4v) is 2.37. The number of benzene rings is 1. The van der Waals surface area contributed by atoms with Crippen LogP contribution in [0.4, 0.5) is 4.79 Å². The van der Waals surface area contributed by atoms with E-state index in [4.69, 9.17) is 9.84 Å². The highest BCUT2D eigenvalue weighted by molar-refractivity contribution is 5.73. The molecule has 108 valence electrons. The van der Waals surface area contributed by atoms with Crippen LogP contribution < -0.4 is 0 Å². The van der Waals surface area contributed by atoms with Gasteiger partial charge in [0.1, 0.15) is 6.61 Å². The molecule has 1 N–H and O–H groups in total. The van der Waals surface area contributed by atoms with Gasteiger partial charge in [0.2, 0.25) is 0 Å². The van der Waals surface area contributed by atoms with Crippen LogP contribution >= 0.6 is 0 Å². The van der Waals surface area contributed by atoms with E-state index in [1.165, 1.54) is 4.90 Å². The van der Waals surface area contributed by atoms with Gasteiger partial charge in [-0.25, -0.2) is 4.79 Å². The Morgan fingerprint density at radius 3 is 2.65 bits per heavy atom. The predicted molar refractivity (Wildman–Crippen MR) is 73.2 cm³/mol. The van der Waals surface area contributed by atoms with Crippen molar-refractivity contribution < 1.29 is 19.4 Å². The average Bonchev–Trinajstić information content (AvgIpc) is 2.46. The maximum atomic E-state index is 12.1. The quantitative estimate of drug-likeness (QED) is 0.921. The van der Waals surface area contributed by atoms with Crippen LogP contribution in [0.1, 0.15) is 25.3 Å². The lowest BCUT2D eigenvalue weighted by atomic mass is 9.94. The van der Waals surface area contributed by atoms with E-state index in [0.717, 1.165) is 5.56 Å². The molecule has 0 aliphatic carbocycles. The molecule has 1 fully saturated rings. The first-order chi connectivity index (χ1) is 9.58. The molecule has 2 rings (SSSR count). The van der Waals surface area contributed by atoms with Gasteiger partial charge in [-0.15, -0.1) is 0 Å². The molecular weight excluding hydrogens is 258 g/mol. The standard InChI is InChI=1S/C15H19NO4/c1-11-7-8-13(14(17)18)9-16(11)15(19)20-10-12-5-3-2-4-6-12/h2-6,11,13H,7-10H2,1H3,(H,17,18)/t11-,13?/m0/s1. The van der Waals surface area contributed by atoms with Crippen LogP contribution in [0.15, 0.2) is 30.3 Å². The largest absolute Gasteiger partial charge is 0.481 e. The second-order valence-corrected chi connectivity index (χ2v) is 5.15. The number of carboxylic acids is 1. The number of ether oxygens (including phenoxy) is 1. The van der Waals surface area contributed by atoms with Gasteiger partial charge in [-0.05, 0) is 25.3 Å². The summed E-state index contributed by atoms with van der Waals surface area (Å²) in [4.78, 5) is 24.6. The molecular formula is C15H19NO4. The minimum Gasteiger partial charge on any atom is -0.481 e. The summed E-state index contributed by atoms with van der Waals surface area (Å²) in [5.41, 5.74) is 0.917. The first-order valence-electron chi connectivity index (χ1n) is 6.78. The van der Waals surface area contributed by atoms with Crippen LogP contribution in [0.5, 0.6) is 0 Å². The molecule has 1 amide bonds. The molecule has 0 radical (unpaired) electrons. The first kappa shape index (κ1) is 14.4. The minimum absolute atomic E-state index is 0.0221. The van der Waals surface area contributed by atoms with Gasteiger partial charge in [-0.1, -0.05) is 30.3 Å². The Balaban J connectivity index is 1.91. The molecule has 1 aromatic carbocycles. The molecule has 5 nitrogen and oxygen atoms in total. The molecule has 2 atom stereocenters. The Hall–Kier alpha value is -2.04. The van der Waals surface area contributed by atoms with Gasteiger partial charge in [-0.3, -0.25) is 4.79 Å². The van der Waals surface area contributed by atoms with Crippen molar-refractivity contribution in [3.05, 3.63) is 35.9 Å². The van der Waals surface area contributed by atoms with E-state index in [1.807, 2.05) is 37.3 Å². The lowest BCUT2D eigenvalue weighted by Crippen LogP contribution is -2.47. The van der Waals surface area contributed by atoms with E-state index in [2.05, 4.69) is 0 Å². The fraction of sp³-hybridized carbons (Fsp3) is 0.467. The number of hydrogen-bond acceptors (Lipinski definition) is 3. The normalized spacial score (nSPS) is 22.4. The number of piperidine rings is 1. The number of carbonyl (C=O) groups excluding carboxylic acids is 1. The lowest BCUT2D eigenvalue weighted by Gasteiger charge is -2.35. The zero-order valence-corrected chi connectivity index (χ0v) is 11.5. The molecule has 1 unspecified atom stereocenters. The van der Waals surface area contributed by atoms with Crippen molar-refractivity contribution in [2.45, 2.75) is 32.4 Å². The van der Waals surface area contributed by atoms with E-state index in [0.29, 0.717) is 12.8 Å². The molecule has 1 saturated heterocycles. The second kappa shape index (κ2) is 6.41. The summed E-state index contributed by atoms with van der Waals surface area (Å²) in [7, 11) is 0. The van der Waals surface area contributed by atoms with Gasteiger partial charge >= 0.3 is 12.1 Å². The molecule has 1 aromatic rings. The Morgan fingerprint density at radius 2 is 2.00 bits per heavy atom. The van der Waals surface area contributed by atoms with Gasteiger partial charge in [0.15, 0.2) is 0 Å². The van der Waals surface area contributed by atoms with E-state index >= 15 is 0 Å². The van der Waals surface area contributed by atoms with Crippen molar-refractivity contribution in [3.8, 4) is 0 Å². The number of carboxylic acid groups (broad SMARTS) is 1. The summed E-state index contributed by atoms with van der Waals surface area (Å²) in [5.74, 6) is -1.34. The van der Waals surface area contributed by atoms with Gasteiger partial charge in [0.25, 0.3) is 0 Å². The van der Waals surface area contributed by atoms with Crippen LogP contribution in [0, 0.1) is 5.92 Å². The van der Waals surface area contributed by atoms with Crippen molar-refractivity contribution in [1.82, 2.24) is 4.90 Å². The highest BCUT2D eigenvalue weighted by atomic mass is 16.6. The van der Waals surface area contributed by atoms with Gasteiger partial charge in [0.05, 0.1) is 5.92 Å². The van der Waals surface area contributed by atoms with Crippen molar-refractivity contribution in [1.29, 1.82) is 0 Å². The third-order valence-corrected chi connectivity index (χ3v) is 3.67. The molecule has 5 heteroatoms. The van der Waals surface area contributed by atoms with Crippen molar-refractivity contribution in [2.75, 3.05) is 6.54 Å². The van der Waals surface area contributed by atoms with Crippen LogP contribution in [0.3, 0.4) is 0 Å². The molecule has 1 aliphatic heterocycles. The summed E-state index contributed by atoms with van der Waals surface area (Å²) in [6, 6.07) is 9.45. The van der Waals surface area contributed by atoms with Gasteiger partial charge in [0, 0.05) is 12.6 Å². The zero-order valence-electron chi connectivity index (χ0n) is 11.5. The number of rotatable bonds is 3. The van der Waals surface area contributed by atoms with E-state index in [-0.39, 0.29) is 19.2 Å². The Kier molecular flexibility index (Phi) is 4.61. The highest BCUT2D eigenvalue weighted by Crippen LogP contribution is 2.23. The van der Waals surface area contributed by atoms with Crippen LogP contribution in [0.2, 0.25) is 0 Å². The third kappa shape index (κ3) is 3.50. The number of aliphatic carboxylic acids is 1. The second-order valence-electron chi connectivity index (χ2n) is 5.15. The molecule has 0 bridgehead atoms. The monoisotopic (exact) mass is 277 g/mol. The van der Waals surface area contributed by atoms with Crippen LogP contribution in [0.25, 0.3) is 0 Å². The van der Waals surface area contributed by atoms with Crippen molar-refractivity contribution >= 4 is 12.1 Å². The van der Waals surface area contributed by atoms with E-state index in [1.54, 1.807) is 0 Å². The molecule has 0 aromatic heterocycles. The first-order valence-corrected chi connectivity index (χ1v) is 6.78. The Morgan fingerprint density at radius 1 is 1.30 bits per heavy atom. The molecule has 1 heterocycles. The molecule has 1 aliphatic rings. The summed E-state index contributed by atoms with van der Waals surface area (Å²) in [6.07, 6.45) is 0.864. The smallest absolute Gasteiger partial charge is 0.410 e. The summed E-state index contributed by atoms with van der Waals surface area (Å²) >= 11 is 0. The number of nitrogens with zero attached hydrogens (tertiary/aromatic N) is 1. The summed E-state index contributed by atoms with van der Waals surface area (Å²) < 4.78 is 5.26. The van der Waals surface area contributed by atoms with E-state index in [9.17, 15) is 9.59 Å². The molecule has 0 spiro atoms. The predicted octanol–water partition coefficient (Wildman–Crippen LogP) is 2.51. The van der Waals surface area contributed by atoms with Crippen molar-refractivity contribution in [2.24, 2.45) is 5.92 Å². The average molecular weight is 277 g/mol. The number of amides is 1. The number of likely N-dealkylation sites (tertiary alicyclic amines) is 1. The Bertz CT molecular complexity index is 474. The lowest BCUT2D eigenvalue weighted by molar-refractivity contribution is -0.143. The van der Waals surface area contributed by atoms with Gasteiger partial charge < -0.3 is 14.7 Å². The SMILES string of the molecule is C[C@H]1CCC(C(=O)O)CN1C(=O)OCc1ccccc1. The summed E-state index contributed by atoms with van der Waals surface area (Å²) in [6.45, 7) is 2.35. The summed E-state index contributed by atoms with van der Waals surface area (Å²) in [5, 5.41) is 9.05. The Labute approximate surface area is 118 Å². The zero-order chi connectivity index (χ0) is 14.5. The minimum atomic E-state index is -0.849. The van der Waals surface area contributed by atoms with Gasteiger partial charge in [-0.2, -0.15) is 0 Å². The molecule has 20 heavy (non-hydrogen) atoms. The fourth-order valence-electron chi connectivity index (χ4n) is 2.37. The maximum Gasteiger partial charge on any atom is 0.410 e. The number of carbonyl (C=O) groups is 2. The maximum absolute atomic E-state index is 12.1. The van der Waals surface area contributed by atoms with Crippen molar-refractivity contribution in [3.63, 3.8) is 0 Å². The highest BCUT2D eigenvalue weighted by Gasteiger charge is 2.33. The van der Waals surface area contributed by atoms with Crippen LogP contribution in [-0.4, -0.2) is 34.7 Å². The third-order valence-electron chi connectivity index (χ3n) is 3.67. The topological polar surface area (TPSA) is 66.8 Å².